The van der Waals surface area contributed by atoms with Gasteiger partial charge in [-0.05, 0) is 29.2 Å². The number of fused-ring (bicyclic) bond motifs is 1. The van der Waals surface area contributed by atoms with E-state index in [-0.39, 0.29) is 0 Å². The van der Waals surface area contributed by atoms with Crippen molar-refractivity contribution >= 4 is 10.8 Å². The van der Waals surface area contributed by atoms with Crippen LogP contribution >= 0.6 is 0 Å². The summed E-state index contributed by atoms with van der Waals surface area (Å²) in [7, 11) is 0. The van der Waals surface area contributed by atoms with Gasteiger partial charge < -0.3 is 9.05 Å². The molecule has 0 aliphatic carbocycles. The molecule has 0 radical (unpaired) electrons. The second-order valence-electron chi connectivity index (χ2n) is 7.36. The van der Waals surface area contributed by atoms with Crippen LogP contribution in [0, 0.1) is 12.8 Å². The first kappa shape index (κ1) is 16.2. The van der Waals surface area contributed by atoms with Crippen molar-refractivity contribution in [2.45, 2.75) is 20.4 Å². The topological polar surface area (TPSA) is 68.2 Å². The predicted octanol–water partition coefficient (Wildman–Crippen LogP) is 4.30. The Balaban J connectivity index is 1.53. The smallest absolute Gasteiger partial charge is 0.280 e. The second kappa shape index (κ2) is 6.32. The minimum Gasteiger partial charge on any atom is -0.361 e. The normalized spacial score (nSPS) is 15.3. The maximum Gasteiger partial charge on any atom is 0.280 e. The lowest BCUT2D eigenvalue weighted by Gasteiger charge is -2.37. The molecule has 0 saturated carbocycles. The van der Waals surface area contributed by atoms with Gasteiger partial charge in [-0.3, -0.25) is 4.90 Å². The van der Waals surface area contributed by atoms with E-state index in [4.69, 9.17) is 9.05 Å². The zero-order chi connectivity index (χ0) is 18.4. The molecule has 6 heteroatoms. The van der Waals surface area contributed by atoms with E-state index in [1.54, 1.807) is 6.07 Å². The van der Waals surface area contributed by atoms with E-state index >= 15 is 0 Å². The third-order valence-electron chi connectivity index (χ3n) is 5.06. The van der Waals surface area contributed by atoms with Gasteiger partial charge >= 0.3 is 0 Å². The van der Waals surface area contributed by atoms with Crippen LogP contribution in [-0.4, -0.2) is 33.3 Å². The van der Waals surface area contributed by atoms with Crippen molar-refractivity contribution in [2.75, 3.05) is 13.1 Å². The molecule has 136 valence electrons. The van der Waals surface area contributed by atoms with Gasteiger partial charge in [-0.15, -0.1) is 0 Å². The van der Waals surface area contributed by atoms with Crippen LogP contribution in [0.25, 0.3) is 33.7 Å². The lowest BCUT2D eigenvalue weighted by Crippen LogP contribution is -2.44. The molecule has 0 amide bonds. The number of hydrogen-bond acceptors (Lipinski definition) is 6. The van der Waals surface area contributed by atoms with Gasteiger partial charge in [-0.25, -0.2) is 0 Å². The SMILES string of the molecule is Cc1cc(-c2nc(-c3ccc(CN4CC(C)C4)c4ccccc34)no2)no1. The van der Waals surface area contributed by atoms with Gasteiger partial charge in [0.2, 0.25) is 5.82 Å². The number of rotatable bonds is 4. The Morgan fingerprint density at radius 2 is 1.85 bits per heavy atom. The van der Waals surface area contributed by atoms with Crippen LogP contribution in [0.1, 0.15) is 18.2 Å². The zero-order valence-electron chi connectivity index (χ0n) is 15.3. The predicted molar refractivity (Wildman–Crippen MR) is 102 cm³/mol. The summed E-state index contributed by atoms with van der Waals surface area (Å²) in [5, 5.41) is 10.5. The molecule has 1 aliphatic rings. The zero-order valence-corrected chi connectivity index (χ0v) is 15.3. The van der Waals surface area contributed by atoms with Gasteiger partial charge in [-0.2, -0.15) is 4.98 Å². The van der Waals surface area contributed by atoms with Crippen LogP contribution in [0.4, 0.5) is 0 Å². The minimum absolute atomic E-state index is 0.365. The van der Waals surface area contributed by atoms with E-state index in [2.05, 4.69) is 57.5 Å². The van der Waals surface area contributed by atoms with Crippen molar-refractivity contribution < 1.29 is 9.05 Å². The Hall–Kier alpha value is -2.99. The van der Waals surface area contributed by atoms with Gasteiger partial charge in [0, 0.05) is 31.3 Å². The van der Waals surface area contributed by atoms with E-state index in [0.29, 0.717) is 23.2 Å². The summed E-state index contributed by atoms with van der Waals surface area (Å²) in [6, 6.07) is 14.5. The molecule has 3 heterocycles. The number of benzene rings is 2. The minimum atomic E-state index is 0.365. The molecular formula is C21H20N4O2. The van der Waals surface area contributed by atoms with Crippen LogP contribution in [0.3, 0.4) is 0 Å². The molecule has 5 rings (SSSR count). The van der Waals surface area contributed by atoms with Crippen LogP contribution in [-0.2, 0) is 6.54 Å². The van der Waals surface area contributed by atoms with Crippen LogP contribution in [0.15, 0.2) is 51.5 Å². The largest absolute Gasteiger partial charge is 0.361 e. The molecule has 1 aliphatic heterocycles. The second-order valence-corrected chi connectivity index (χ2v) is 7.36. The van der Waals surface area contributed by atoms with Crippen molar-refractivity contribution in [1.82, 2.24) is 20.2 Å². The molecule has 2 aromatic heterocycles. The first-order valence-electron chi connectivity index (χ1n) is 9.18. The van der Waals surface area contributed by atoms with Crippen molar-refractivity contribution in [3.63, 3.8) is 0 Å². The summed E-state index contributed by atoms with van der Waals surface area (Å²) in [5.74, 6) is 2.43. The standard InChI is InChI=1S/C21H20N4O2/c1-13-10-25(11-13)12-15-7-8-18(17-6-4-3-5-16(15)17)20-22-21(27-24-20)19-9-14(2)26-23-19/h3-9,13H,10-12H2,1-2H3. The summed E-state index contributed by atoms with van der Waals surface area (Å²) < 4.78 is 10.5. The molecular weight excluding hydrogens is 340 g/mol. The van der Waals surface area contributed by atoms with Crippen molar-refractivity contribution in [2.24, 2.45) is 5.92 Å². The maximum atomic E-state index is 5.41. The Bertz CT molecular complexity index is 1110. The van der Waals surface area contributed by atoms with Crippen molar-refractivity contribution in [3.8, 4) is 23.0 Å². The van der Waals surface area contributed by atoms with Crippen LogP contribution in [0.5, 0.6) is 0 Å². The first-order chi connectivity index (χ1) is 13.2. The van der Waals surface area contributed by atoms with E-state index in [0.717, 1.165) is 23.4 Å². The summed E-state index contributed by atoms with van der Waals surface area (Å²) in [6.45, 7) is 7.43. The summed E-state index contributed by atoms with van der Waals surface area (Å²) in [5.41, 5.74) is 2.85. The molecule has 27 heavy (non-hydrogen) atoms. The third kappa shape index (κ3) is 2.92. The van der Waals surface area contributed by atoms with E-state index in [1.807, 2.05) is 13.0 Å². The average molecular weight is 360 g/mol. The Morgan fingerprint density at radius 3 is 2.59 bits per heavy atom. The molecule has 0 unspecified atom stereocenters. The molecule has 0 bridgehead atoms. The molecule has 4 aromatic rings. The lowest BCUT2D eigenvalue weighted by molar-refractivity contribution is 0.105. The number of aromatic nitrogens is 3. The fourth-order valence-corrected chi connectivity index (χ4v) is 3.80. The Kier molecular flexibility index (Phi) is 3.79. The maximum absolute atomic E-state index is 5.41. The number of aryl methyl sites for hydroxylation is 1. The van der Waals surface area contributed by atoms with Gasteiger partial charge in [0.15, 0.2) is 5.69 Å². The van der Waals surface area contributed by atoms with E-state index in [1.165, 1.54) is 24.0 Å². The van der Waals surface area contributed by atoms with E-state index < -0.39 is 0 Å². The molecule has 1 fully saturated rings. The summed E-state index contributed by atoms with van der Waals surface area (Å²) in [4.78, 5) is 7.01. The van der Waals surface area contributed by atoms with Gasteiger partial charge in [0.05, 0.1) is 0 Å². The monoisotopic (exact) mass is 360 g/mol. The van der Waals surface area contributed by atoms with Gasteiger partial charge in [-0.1, -0.05) is 53.6 Å². The van der Waals surface area contributed by atoms with Crippen LogP contribution < -0.4 is 0 Å². The highest BCUT2D eigenvalue weighted by Gasteiger charge is 2.23. The first-order valence-corrected chi connectivity index (χ1v) is 9.18. The summed E-state index contributed by atoms with van der Waals surface area (Å²) >= 11 is 0. The summed E-state index contributed by atoms with van der Waals surface area (Å²) in [6.07, 6.45) is 0. The highest BCUT2D eigenvalue weighted by atomic mass is 16.5. The number of nitrogens with zero attached hydrogens (tertiary/aromatic N) is 4. The molecule has 0 N–H and O–H groups in total. The number of hydrogen-bond donors (Lipinski definition) is 0. The van der Waals surface area contributed by atoms with Crippen molar-refractivity contribution in [1.29, 1.82) is 0 Å². The third-order valence-corrected chi connectivity index (χ3v) is 5.06. The molecule has 2 aromatic carbocycles. The lowest BCUT2D eigenvalue weighted by atomic mass is 9.96. The van der Waals surface area contributed by atoms with Gasteiger partial charge in [0.1, 0.15) is 5.76 Å². The molecule has 0 atom stereocenters. The Labute approximate surface area is 156 Å². The highest BCUT2D eigenvalue weighted by Crippen LogP contribution is 2.32. The quantitative estimate of drug-likeness (QED) is 0.540. The highest BCUT2D eigenvalue weighted by molar-refractivity contribution is 5.97. The van der Waals surface area contributed by atoms with Gasteiger partial charge in [0.25, 0.3) is 5.89 Å². The average Bonchev–Trinajstić information content (AvgIpc) is 3.29. The van der Waals surface area contributed by atoms with E-state index in [9.17, 15) is 0 Å². The number of likely N-dealkylation sites (tertiary alicyclic amines) is 1. The van der Waals surface area contributed by atoms with Crippen molar-refractivity contribution in [3.05, 3.63) is 53.8 Å². The Morgan fingerprint density at radius 1 is 1.04 bits per heavy atom. The molecule has 0 spiro atoms. The van der Waals surface area contributed by atoms with Crippen LogP contribution in [0.2, 0.25) is 0 Å². The fraction of sp³-hybridized carbons (Fsp3) is 0.286. The fourth-order valence-electron chi connectivity index (χ4n) is 3.80. The molecule has 6 nitrogen and oxygen atoms in total. The molecule has 1 saturated heterocycles.